The first kappa shape index (κ1) is 15.0. The van der Waals surface area contributed by atoms with E-state index in [1.807, 2.05) is 12.1 Å². The van der Waals surface area contributed by atoms with Crippen LogP contribution in [-0.4, -0.2) is 20.2 Å². The molecule has 0 aliphatic heterocycles. The molecule has 2 heterocycles. The van der Waals surface area contributed by atoms with Crippen LogP contribution in [0, 0.1) is 5.82 Å². The summed E-state index contributed by atoms with van der Waals surface area (Å²) < 4.78 is 19.4. The Morgan fingerprint density at radius 3 is 2.75 bits per heavy atom. The molecule has 0 N–H and O–H groups in total. The Labute approximate surface area is 144 Å². The second-order valence-corrected chi connectivity index (χ2v) is 6.12. The zero-order valence-corrected chi connectivity index (χ0v) is 13.6. The number of hydrogen-bond donors (Lipinski definition) is 0. The molecule has 0 bridgehead atoms. The van der Waals surface area contributed by atoms with E-state index in [1.165, 1.54) is 12.4 Å². The van der Waals surface area contributed by atoms with Crippen molar-refractivity contribution in [2.75, 3.05) is 0 Å². The van der Waals surface area contributed by atoms with Crippen molar-refractivity contribution in [1.82, 2.24) is 20.2 Å². The molecule has 0 amide bonds. The van der Waals surface area contributed by atoms with Crippen LogP contribution >= 0.6 is 23.4 Å². The third kappa shape index (κ3) is 2.72. The second-order valence-electron chi connectivity index (χ2n) is 4.77. The molecule has 4 aromatic rings. The fraction of sp³-hybridized carbons (Fsp3) is 0. The minimum Gasteiger partial charge on any atom is -0.411 e. The summed E-state index contributed by atoms with van der Waals surface area (Å²) in [6, 6.07) is 11.9. The van der Waals surface area contributed by atoms with Gasteiger partial charge in [0.2, 0.25) is 5.89 Å². The summed E-state index contributed by atoms with van der Waals surface area (Å²) in [6.45, 7) is 0. The summed E-state index contributed by atoms with van der Waals surface area (Å²) in [5.74, 6) is -0.0910. The molecule has 0 unspecified atom stereocenters. The van der Waals surface area contributed by atoms with Crippen molar-refractivity contribution >= 4 is 34.3 Å². The van der Waals surface area contributed by atoms with E-state index in [2.05, 4.69) is 20.2 Å². The van der Waals surface area contributed by atoms with Crippen molar-refractivity contribution in [2.24, 2.45) is 0 Å². The van der Waals surface area contributed by atoms with E-state index < -0.39 is 5.82 Å². The summed E-state index contributed by atoms with van der Waals surface area (Å²) in [5, 5.41) is 9.92. The number of benzene rings is 2. The van der Waals surface area contributed by atoms with Crippen LogP contribution in [0.5, 0.6) is 0 Å². The fourth-order valence-corrected chi connectivity index (χ4v) is 3.14. The van der Waals surface area contributed by atoms with Crippen molar-refractivity contribution in [3.8, 4) is 11.5 Å². The van der Waals surface area contributed by atoms with Crippen LogP contribution in [0.3, 0.4) is 0 Å². The third-order valence-electron chi connectivity index (χ3n) is 3.27. The van der Waals surface area contributed by atoms with Crippen LogP contribution in [0.2, 0.25) is 5.02 Å². The molecule has 0 aliphatic rings. The van der Waals surface area contributed by atoms with Gasteiger partial charge in [0, 0.05) is 5.39 Å². The van der Waals surface area contributed by atoms with E-state index in [0.29, 0.717) is 26.9 Å². The average molecular weight is 359 g/mol. The quantitative estimate of drug-likeness (QED) is 0.498. The van der Waals surface area contributed by atoms with Crippen LogP contribution in [0.4, 0.5) is 4.39 Å². The Kier molecular flexibility index (Phi) is 3.87. The van der Waals surface area contributed by atoms with Gasteiger partial charge in [0.15, 0.2) is 0 Å². The predicted molar refractivity (Wildman–Crippen MR) is 88.4 cm³/mol. The first-order chi connectivity index (χ1) is 11.7. The first-order valence-electron chi connectivity index (χ1n) is 6.88. The van der Waals surface area contributed by atoms with Crippen molar-refractivity contribution in [3.05, 3.63) is 59.6 Å². The van der Waals surface area contributed by atoms with Gasteiger partial charge < -0.3 is 4.42 Å². The molecule has 2 aromatic carbocycles. The molecule has 0 radical (unpaired) electrons. The van der Waals surface area contributed by atoms with Gasteiger partial charge >= 0.3 is 0 Å². The molecular formula is C16H8ClFN4OS. The Hall–Kier alpha value is -2.51. The van der Waals surface area contributed by atoms with Gasteiger partial charge in [-0.05, 0) is 36.0 Å². The molecule has 0 aliphatic carbocycles. The normalized spacial score (nSPS) is 11.1. The Balaban J connectivity index is 1.70. The Morgan fingerprint density at radius 2 is 1.88 bits per heavy atom. The van der Waals surface area contributed by atoms with E-state index in [4.69, 9.17) is 16.0 Å². The van der Waals surface area contributed by atoms with Gasteiger partial charge in [0.25, 0.3) is 5.22 Å². The molecule has 0 saturated heterocycles. The van der Waals surface area contributed by atoms with E-state index in [1.54, 1.807) is 24.3 Å². The lowest BCUT2D eigenvalue weighted by Crippen LogP contribution is -1.89. The average Bonchev–Trinajstić information content (AvgIpc) is 3.05. The maximum atomic E-state index is 13.8. The van der Waals surface area contributed by atoms with Gasteiger partial charge in [0.1, 0.15) is 22.7 Å². The summed E-state index contributed by atoms with van der Waals surface area (Å²) in [7, 11) is 0. The topological polar surface area (TPSA) is 64.7 Å². The number of rotatable bonds is 3. The Bertz CT molecular complexity index is 1040. The third-order valence-corrected chi connectivity index (χ3v) is 4.46. The number of fused-ring (bicyclic) bond motifs is 1. The van der Waals surface area contributed by atoms with Crippen LogP contribution in [0.1, 0.15) is 0 Å². The van der Waals surface area contributed by atoms with E-state index in [-0.39, 0.29) is 10.7 Å². The van der Waals surface area contributed by atoms with E-state index in [0.717, 1.165) is 11.8 Å². The van der Waals surface area contributed by atoms with Crippen LogP contribution in [0.25, 0.3) is 22.4 Å². The summed E-state index contributed by atoms with van der Waals surface area (Å²) >= 11 is 7.27. The van der Waals surface area contributed by atoms with Gasteiger partial charge in [-0.3, -0.25) is 0 Å². The molecule has 0 atom stereocenters. The van der Waals surface area contributed by atoms with Crippen molar-refractivity contribution < 1.29 is 8.81 Å². The summed E-state index contributed by atoms with van der Waals surface area (Å²) in [4.78, 5) is 8.14. The summed E-state index contributed by atoms with van der Waals surface area (Å²) in [6.07, 6.45) is 1.30. The molecule has 24 heavy (non-hydrogen) atoms. The van der Waals surface area contributed by atoms with Crippen LogP contribution < -0.4 is 0 Å². The van der Waals surface area contributed by atoms with Gasteiger partial charge in [-0.25, -0.2) is 14.4 Å². The first-order valence-corrected chi connectivity index (χ1v) is 8.07. The van der Waals surface area contributed by atoms with Crippen molar-refractivity contribution in [2.45, 2.75) is 10.2 Å². The molecule has 2 aromatic heterocycles. The lowest BCUT2D eigenvalue weighted by molar-refractivity contribution is 0.465. The molecule has 4 rings (SSSR count). The van der Waals surface area contributed by atoms with Gasteiger partial charge in [-0.1, -0.05) is 29.8 Å². The minimum absolute atomic E-state index is 0.251. The molecular weight excluding hydrogens is 351 g/mol. The van der Waals surface area contributed by atoms with Gasteiger partial charge in [-0.15, -0.1) is 10.2 Å². The number of para-hydroxylation sites is 1. The van der Waals surface area contributed by atoms with E-state index >= 15 is 0 Å². The predicted octanol–water partition coefficient (Wildman–Crippen LogP) is 4.62. The van der Waals surface area contributed by atoms with Crippen LogP contribution in [0.15, 0.2) is 63.5 Å². The highest BCUT2D eigenvalue weighted by Gasteiger charge is 2.15. The molecule has 0 spiro atoms. The fourth-order valence-electron chi connectivity index (χ4n) is 2.19. The maximum Gasteiger partial charge on any atom is 0.283 e. The monoisotopic (exact) mass is 358 g/mol. The molecule has 0 saturated carbocycles. The molecule has 118 valence electrons. The number of aromatic nitrogens is 4. The zero-order chi connectivity index (χ0) is 16.5. The summed E-state index contributed by atoms with van der Waals surface area (Å²) in [5.41, 5.74) is 0.901. The maximum absolute atomic E-state index is 13.8. The lowest BCUT2D eigenvalue weighted by Gasteiger charge is -2.02. The standard InChI is InChI=1S/C16H8ClFN4OS/c17-11-6-2-1-4-9(11)14-21-22-16(23-14)24-15-10-5-3-7-12(18)13(10)19-8-20-15/h1-8H. The second kappa shape index (κ2) is 6.18. The zero-order valence-electron chi connectivity index (χ0n) is 12.0. The highest BCUT2D eigenvalue weighted by molar-refractivity contribution is 7.99. The van der Waals surface area contributed by atoms with Crippen LogP contribution in [-0.2, 0) is 0 Å². The van der Waals surface area contributed by atoms with Gasteiger partial charge in [-0.2, -0.15) is 0 Å². The lowest BCUT2D eigenvalue weighted by atomic mass is 10.2. The molecule has 8 heteroatoms. The number of halogens is 2. The SMILES string of the molecule is Fc1cccc2c(Sc3nnc(-c4ccccc4Cl)o3)ncnc12. The molecule has 0 fully saturated rings. The smallest absolute Gasteiger partial charge is 0.283 e. The van der Waals surface area contributed by atoms with Crippen molar-refractivity contribution in [3.63, 3.8) is 0 Å². The number of hydrogen-bond acceptors (Lipinski definition) is 6. The van der Waals surface area contributed by atoms with Gasteiger partial charge in [0.05, 0.1) is 10.6 Å². The highest BCUT2D eigenvalue weighted by atomic mass is 35.5. The Morgan fingerprint density at radius 1 is 1.00 bits per heavy atom. The van der Waals surface area contributed by atoms with Crippen molar-refractivity contribution in [1.29, 1.82) is 0 Å². The number of nitrogens with zero attached hydrogens (tertiary/aromatic N) is 4. The minimum atomic E-state index is -0.404. The van der Waals surface area contributed by atoms with E-state index in [9.17, 15) is 4.39 Å². The molecule has 5 nitrogen and oxygen atoms in total. The highest BCUT2D eigenvalue weighted by Crippen LogP contribution is 2.33. The largest absolute Gasteiger partial charge is 0.411 e.